The topological polar surface area (TPSA) is 35.2 Å². The van der Waals surface area contributed by atoms with Crippen molar-refractivity contribution in [3.8, 4) is 5.75 Å². The van der Waals surface area contributed by atoms with Gasteiger partial charge in [-0.05, 0) is 43.6 Å². The van der Waals surface area contributed by atoms with Crippen LogP contribution in [-0.4, -0.2) is 7.11 Å². The molecule has 3 heteroatoms. The normalized spacial score (nSPS) is 27.6. The first-order valence-corrected chi connectivity index (χ1v) is 7.10. The van der Waals surface area contributed by atoms with Crippen LogP contribution in [0.4, 0.5) is 4.39 Å². The highest BCUT2D eigenvalue weighted by molar-refractivity contribution is 5.35. The summed E-state index contributed by atoms with van der Waals surface area (Å²) in [6.07, 6.45) is 3.84. The lowest BCUT2D eigenvalue weighted by Crippen LogP contribution is -2.42. The molecule has 0 bridgehead atoms. The molecule has 0 saturated heterocycles. The van der Waals surface area contributed by atoms with Gasteiger partial charge in [0.1, 0.15) is 0 Å². The van der Waals surface area contributed by atoms with E-state index < -0.39 is 5.54 Å². The van der Waals surface area contributed by atoms with Crippen molar-refractivity contribution in [1.29, 1.82) is 0 Å². The number of rotatable bonds is 3. The van der Waals surface area contributed by atoms with E-state index in [1.807, 2.05) is 6.07 Å². The average Bonchev–Trinajstić information content (AvgIpc) is 2.39. The van der Waals surface area contributed by atoms with Crippen LogP contribution in [0.15, 0.2) is 18.2 Å². The molecule has 2 rings (SSSR count). The van der Waals surface area contributed by atoms with E-state index in [0.717, 1.165) is 25.7 Å². The van der Waals surface area contributed by atoms with Gasteiger partial charge in [0.05, 0.1) is 7.11 Å². The highest BCUT2D eigenvalue weighted by Crippen LogP contribution is 2.42. The molecule has 1 aromatic carbocycles. The molecule has 2 N–H and O–H groups in total. The zero-order valence-corrected chi connectivity index (χ0v) is 12.1. The van der Waals surface area contributed by atoms with E-state index in [-0.39, 0.29) is 11.6 Å². The van der Waals surface area contributed by atoms with Gasteiger partial charge in [-0.1, -0.05) is 26.0 Å². The zero-order chi connectivity index (χ0) is 14.0. The Bertz CT molecular complexity index is 436. The van der Waals surface area contributed by atoms with Crippen LogP contribution in [0.5, 0.6) is 5.75 Å². The third-order valence-corrected chi connectivity index (χ3v) is 4.58. The second-order valence-corrected chi connectivity index (χ2v) is 6.06. The van der Waals surface area contributed by atoms with E-state index in [1.54, 1.807) is 12.1 Å². The van der Waals surface area contributed by atoms with E-state index >= 15 is 0 Å². The van der Waals surface area contributed by atoms with Crippen LogP contribution in [0.2, 0.25) is 0 Å². The van der Waals surface area contributed by atoms with E-state index in [9.17, 15) is 4.39 Å². The Labute approximate surface area is 115 Å². The van der Waals surface area contributed by atoms with Crippen molar-refractivity contribution in [2.45, 2.75) is 45.1 Å². The number of nitrogens with two attached hydrogens (primary N) is 1. The van der Waals surface area contributed by atoms with Crippen LogP contribution in [0.3, 0.4) is 0 Å². The minimum atomic E-state index is -0.538. The first-order chi connectivity index (χ1) is 8.98. The Morgan fingerprint density at radius 3 is 2.47 bits per heavy atom. The van der Waals surface area contributed by atoms with Crippen molar-refractivity contribution in [3.05, 3.63) is 29.6 Å². The fourth-order valence-electron chi connectivity index (χ4n) is 3.14. The summed E-state index contributed by atoms with van der Waals surface area (Å²) in [7, 11) is 1.49. The van der Waals surface area contributed by atoms with Crippen LogP contribution >= 0.6 is 0 Å². The van der Waals surface area contributed by atoms with Crippen LogP contribution in [0, 0.1) is 17.7 Å². The molecule has 1 aromatic rings. The Hall–Kier alpha value is -1.09. The standard InChI is InChI=1S/C16H24FNO/c1-11(2)12-7-9-16(18,10-8-12)13-5-4-6-14(19-3)15(13)17/h4-6,11-12H,7-10,18H2,1-3H3. The zero-order valence-electron chi connectivity index (χ0n) is 12.1. The smallest absolute Gasteiger partial charge is 0.170 e. The summed E-state index contributed by atoms with van der Waals surface area (Å²) in [6, 6.07) is 5.26. The highest BCUT2D eigenvalue weighted by atomic mass is 19.1. The fourth-order valence-corrected chi connectivity index (χ4v) is 3.14. The number of methoxy groups -OCH3 is 1. The number of ether oxygens (including phenoxy) is 1. The number of hydrogen-bond donors (Lipinski definition) is 1. The molecule has 0 heterocycles. The lowest BCUT2D eigenvalue weighted by molar-refractivity contribution is 0.191. The fraction of sp³-hybridized carbons (Fsp3) is 0.625. The molecule has 0 aliphatic heterocycles. The summed E-state index contributed by atoms with van der Waals surface area (Å²) >= 11 is 0. The Balaban J connectivity index is 2.22. The van der Waals surface area contributed by atoms with Gasteiger partial charge in [-0.15, -0.1) is 0 Å². The Morgan fingerprint density at radius 2 is 1.95 bits per heavy atom. The lowest BCUT2D eigenvalue weighted by atomic mass is 9.70. The third-order valence-electron chi connectivity index (χ3n) is 4.58. The molecular weight excluding hydrogens is 241 g/mol. The van der Waals surface area contributed by atoms with Crippen LogP contribution in [0.1, 0.15) is 45.1 Å². The molecule has 106 valence electrons. The van der Waals surface area contributed by atoms with Crippen molar-refractivity contribution in [2.75, 3.05) is 7.11 Å². The number of halogens is 1. The van der Waals surface area contributed by atoms with Gasteiger partial charge in [0, 0.05) is 11.1 Å². The van der Waals surface area contributed by atoms with Crippen LogP contribution in [-0.2, 0) is 5.54 Å². The summed E-state index contributed by atoms with van der Waals surface area (Å²) in [5.74, 6) is 1.38. The van der Waals surface area contributed by atoms with E-state index in [1.165, 1.54) is 7.11 Å². The molecule has 0 radical (unpaired) electrons. The van der Waals surface area contributed by atoms with Gasteiger partial charge in [-0.3, -0.25) is 0 Å². The van der Waals surface area contributed by atoms with Gasteiger partial charge in [0.2, 0.25) is 0 Å². The summed E-state index contributed by atoms with van der Waals surface area (Å²) < 4.78 is 19.4. The van der Waals surface area contributed by atoms with Crippen molar-refractivity contribution in [3.63, 3.8) is 0 Å². The SMILES string of the molecule is COc1cccc(C2(N)CCC(C(C)C)CC2)c1F. The average molecular weight is 265 g/mol. The maximum Gasteiger partial charge on any atom is 0.170 e. The molecule has 1 aliphatic carbocycles. The highest BCUT2D eigenvalue weighted by Gasteiger charge is 2.36. The van der Waals surface area contributed by atoms with Crippen molar-refractivity contribution >= 4 is 0 Å². The first kappa shape index (κ1) is 14.3. The lowest BCUT2D eigenvalue weighted by Gasteiger charge is -2.39. The second kappa shape index (κ2) is 5.49. The quantitative estimate of drug-likeness (QED) is 0.901. The summed E-state index contributed by atoms with van der Waals surface area (Å²) in [6.45, 7) is 4.50. The van der Waals surface area contributed by atoms with Gasteiger partial charge >= 0.3 is 0 Å². The number of benzene rings is 1. The molecule has 1 aliphatic rings. The molecule has 0 aromatic heterocycles. The molecular formula is C16H24FNO. The Kier molecular flexibility index (Phi) is 4.14. The van der Waals surface area contributed by atoms with Crippen LogP contribution < -0.4 is 10.5 Å². The van der Waals surface area contributed by atoms with Crippen LogP contribution in [0.25, 0.3) is 0 Å². The van der Waals surface area contributed by atoms with Gasteiger partial charge in [-0.25, -0.2) is 4.39 Å². The molecule has 1 saturated carbocycles. The first-order valence-electron chi connectivity index (χ1n) is 7.10. The molecule has 19 heavy (non-hydrogen) atoms. The van der Waals surface area contributed by atoms with Crippen molar-refractivity contribution in [2.24, 2.45) is 17.6 Å². The minimum absolute atomic E-state index is 0.285. The third kappa shape index (κ3) is 2.76. The largest absolute Gasteiger partial charge is 0.494 e. The Morgan fingerprint density at radius 1 is 1.32 bits per heavy atom. The predicted octanol–water partition coefficient (Wildman–Crippen LogP) is 3.83. The maximum atomic E-state index is 14.4. The molecule has 2 nitrogen and oxygen atoms in total. The molecule has 0 unspecified atom stereocenters. The minimum Gasteiger partial charge on any atom is -0.494 e. The molecule has 0 amide bonds. The molecule has 1 fully saturated rings. The summed E-state index contributed by atoms with van der Waals surface area (Å²) in [4.78, 5) is 0. The summed E-state index contributed by atoms with van der Waals surface area (Å²) in [5, 5.41) is 0. The summed E-state index contributed by atoms with van der Waals surface area (Å²) in [5.41, 5.74) is 6.54. The van der Waals surface area contributed by atoms with Crippen molar-refractivity contribution < 1.29 is 9.13 Å². The predicted molar refractivity (Wildman–Crippen MR) is 75.6 cm³/mol. The monoisotopic (exact) mass is 265 g/mol. The van der Waals surface area contributed by atoms with E-state index in [0.29, 0.717) is 17.4 Å². The van der Waals surface area contributed by atoms with E-state index in [2.05, 4.69) is 13.8 Å². The van der Waals surface area contributed by atoms with Gasteiger partial charge in [0.15, 0.2) is 11.6 Å². The maximum absolute atomic E-state index is 14.4. The van der Waals surface area contributed by atoms with Crippen molar-refractivity contribution in [1.82, 2.24) is 0 Å². The molecule has 0 atom stereocenters. The second-order valence-electron chi connectivity index (χ2n) is 6.06. The number of hydrogen-bond acceptors (Lipinski definition) is 2. The van der Waals surface area contributed by atoms with Gasteiger partial charge < -0.3 is 10.5 Å². The molecule has 0 spiro atoms. The van der Waals surface area contributed by atoms with E-state index in [4.69, 9.17) is 10.5 Å². The van der Waals surface area contributed by atoms with Gasteiger partial charge in [-0.2, -0.15) is 0 Å². The van der Waals surface area contributed by atoms with Gasteiger partial charge in [0.25, 0.3) is 0 Å².